The molecule has 1 saturated heterocycles. The molecule has 1 N–H and O–H groups in total. The third kappa shape index (κ3) is 3.95. The lowest BCUT2D eigenvalue weighted by atomic mass is 10.0. The Hall–Kier alpha value is -0.920. The van der Waals surface area contributed by atoms with Crippen LogP contribution in [-0.2, 0) is 10.0 Å². The van der Waals surface area contributed by atoms with E-state index in [2.05, 4.69) is 5.32 Å². The molecule has 0 spiro atoms. The van der Waals surface area contributed by atoms with Crippen LogP contribution in [0.15, 0.2) is 16.3 Å². The van der Waals surface area contributed by atoms with Gasteiger partial charge in [-0.15, -0.1) is 11.3 Å². The second-order valence-electron chi connectivity index (χ2n) is 6.68. The summed E-state index contributed by atoms with van der Waals surface area (Å²) in [5, 5.41) is 4.49. The maximum Gasteiger partial charge on any atom is 0.262 e. The number of hydrogen-bond acceptors (Lipinski definition) is 4. The van der Waals surface area contributed by atoms with Gasteiger partial charge in [-0.1, -0.05) is 20.3 Å². The minimum absolute atomic E-state index is 0.0322. The van der Waals surface area contributed by atoms with Gasteiger partial charge in [0.2, 0.25) is 10.0 Å². The highest BCUT2D eigenvalue weighted by atomic mass is 32.2. The first kappa shape index (κ1) is 18.4. The van der Waals surface area contributed by atoms with Crippen LogP contribution in [0.3, 0.4) is 0 Å². The van der Waals surface area contributed by atoms with Gasteiger partial charge in [0.15, 0.2) is 0 Å². The Morgan fingerprint density at radius 1 is 1.35 bits per heavy atom. The number of sulfonamides is 1. The van der Waals surface area contributed by atoms with Crippen molar-refractivity contribution in [3.05, 3.63) is 16.3 Å². The molecule has 0 saturated carbocycles. The summed E-state index contributed by atoms with van der Waals surface area (Å²) in [6.07, 6.45) is 2.77. The first-order valence-corrected chi connectivity index (χ1v) is 10.5. The largest absolute Gasteiger partial charge is 0.351 e. The molecule has 7 heteroatoms. The third-order valence-corrected chi connectivity index (χ3v) is 7.39. The van der Waals surface area contributed by atoms with Crippen molar-refractivity contribution in [2.75, 3.05) is 6.54 Å². The SMILES string of the molecule is CC(C)CNC(=O)c1sccc1S(=O)(=O)N1[C@H](C)CCC[C@@H]1C. The normalized spacial score (nSPS) is 23.2. The van der Waals surface area contributed by atoms with E-state index < -0.39 is 10.0 Å². The number of nitrogens with zero attached hydrogens (tertiary/aromatic N) is 1. The van der Waals surface area contributed by atoms with Crippen molar-refractivity contribution in [2.45, 2.75) is 63.9 Å². The van der Waals surface area contributed by atoms with Crippen molar-refractivity contribution in [1.29, 1.82) is 0 Å². The van der Waals surface area contributed by atoms with Crippen LogP contribution in [0.4, 0.5) is 0 Å². The molecule has 5 nitrogen and oxygen atoms in total. The van der Waals surface area contributed by atoms with Crippen molar-refractivity contribution in [3.8, 4) is 0 Å². The number of thiophene rings is 1. The van der Waals surface area contributed by atoms with Gasteiger partial charge in [-0.3, -0.25) is 4.79 Å². The van der Waals surface area contributed by atoms with Crippen LogP contribution in [0.5, 0.6) is 0 Å². The second-order valence-corrected chi connectivity index (χ2v) is 9.41. The minimum atomic E-state index is -3.65. The maximum absolute atomic E-state index is 13.1. The van der Waals surface area contributed by atoms with E-state index in [4.69, 9.17) is 0 Å². The van der Waals surface area contributed by atoms with E-state index in [0.717, 1.165) is 19.3 Å². The summed E-state index contributed by atoms with van der Waals surface area (Å²) in [5.41, 5.74) is 0. The standard InChI is InChI=1S/C16H26N2O3S2/c1-11(2)10-17-16(19)15-14(8-9-22-15)23(20,21)18-12(3)6-5-7-13(18)4/h8-9,11-13H,5-7,10H2,1-4H3,(H,17,19)/t12-,13+. The smallest absolute Gasteiger partial charge is 0.262 e. The predicted molar refractivity (Wildman–Crippen MR) is 93.3 cm³/mol. The molecule has 2 atom stereocenters. The summed E-state index contributed by atoms with van der Waals surface area (Å²) >= 11 is 1.18. The Kier molecular flexibility index (Phi) is 5.86. The van der Waals surface area contributed by atoms with E-state index in [1.165, 1.54) is 11.3 Å². The molecule has 0 aromatic carbocycles. The second kappa shape index (κ2) is 7.32. The van der Waals surface area contributed by atoms with E-state index in [1.807, 2.05) is 27.7 Å². The zero-order valence-corrected chi connectivity index (χ0v) is 15.8. The maximum atomic E-state index is 13.1. The van der Waals surface area contributed by atoms with Crippen LogP contribution in [0.2, 0.25) is 0 Å². The summed E-state index contributed by atoms with van der Waals surface area (Å²) < 4.78 is 27.8. The number of carbonyl (C=O) groups is 1. The number of nitrogens with one attached hydrogen (secondary N) is 1. The molecular formula is C16H26N2O3S2. The minimum Gasteiger partial charge on any atom is -0.351 e. The molecule has 130 valence electrons. The van der Waals surface area contributed by atoms with Gasteiger partial charge in [0.25, 0.3) is 5.91 Å². The Bertz CT molecular complexity index is 642. The van der Waals surface area contributed by atoms with Crippen molar-refractivity contribution < 1.29 is 13.2 Å². The van der Waals surface area contributed by atoms with Crippen molar-refractivity contribution in [3.63, 3.8) is 0 Å². The van der Waals surface area contributed by atoms with E-state index in [1.54, 1.807) is 15.8 Å². The topological polar surface area (TPSA) is 66.5 Å². The molecule has 1 amide bonds. The first-order chi connectivity index (χ1) is 10.7. The van der Waals surface area contributed by atoms with Crippen LogP contribution in [0, 0.1) is 5.92 Å². The van der Waals surface area contributed by atoms with Gasteiger partial charge in [-0.25, -0.2) is 8.42 Å². The van der Waals surface area contributed by atoms with Crippen LogP contribution in [0.1, 0.15) is 56.6 Å². The van der Waals surface area contributed by atoms with E-state index in [-0.39, 0.29) is 27.8 Å². The molecule has 1 fully saturated rings. The van der Waals surface area contributed by atoms with Gasteiger partial charge in [0, 0.05) is 18.6 Å². The number of rotatable bonds is 5. The van der Waals surface area contributed by atoms with Crippen molar-refractivity contribution in [1.82, 2.24) is 9.62 Å². The monoisotopic (exact) mass is 358 g/mol. The average molecular weight is 359 g/mol. The van der Waals surface area contributed by atoms with E-state index in [9.17, 15) is 13.2 Å². The van der Waals surface area contributed by atoms with Gasteiger partial charge in [-0.05, 0) is 44.1 Å². The van der Waals surface area contributed by atoms with Crippen LogP contribution < -0.4 is 5.32 Å². The molecule has 1 aromatic rings. The lowest BCUT2D eigenvalue weighted by Crippen LogP contribution is -2.47. The van der Waals surface area contributed by atoms with E-state index in [0.29, 0.717) is 12.5 Å². The molecule has 23 heavy (non-hydrogen) atoms. The van der Waals surface area contributed by atoms with Crippen LogP contribution >= 0.6 is 11.3 Å². The summed E-state index contributed by atoms with van der Waals surface area (Å²) in [6.45, 7) is 8.43. The fraction of sp³-hybridized carbons (Fsp3) is 0.688. The highest BCUT2D eigenvalue weighted by Crippen LogP contribution is 2.32. The molecule has 2 rings (SSSR count). The highest BCUT2D eigenvalue weighted by molar-refractivity contribution is 7.89. The zero-order valence-electron chi connectivity index (χ0n) is 14.2. The van der Waals surface area contributed by atoms with Crippen LogP contribution in [-0.4, -0.2) is 37.3 Å². The number of amides is 1. The Balaban J connectivity index is 2.31. The summed E-state index contributed by atoms with van der Waals surface area (Å²) in [5.74, 6) is 0.0192. The first-order valence-electron chi connectivity index (χ1n) is 8.14. The van der Waals surface area contributed by atoms with Gasteiger partial charge in [-0.2, -0.15) is 4.31 Å². The predicted octanol–water partition coefficient (Wildman–Crippen LogP) is 3.09. The quantitative estimate of drug-likeness (QED) is 0.879. The Morgan fingerprint density at radius 3 is 2.52 bits per heavy atom. The Labute approximate surface area is 143 Å². The van der Waals surface area contributed by atoms with Crippen molar-refractivity contribution >= 4 is 27.3 Å². The van der Waals surface area contributed by atoms with Gasteiger partial charge in [0.1, 0.15) is 9.77 Å². The van der Waals surface area contributed by atoms with Crippen molar-refractivity contribution in [2.24, 2.45) is 5.92 Å². The summed E-state index contributed by atoms with van der Waals surface area (Å²) in [4.78, 5) is 12.8. The molecule has 0 radical (unpaired) electrons. The van der Waals surface area contributed by atoms with Gasteiger partial charge in [0.05, 0.1) is 0 Å². The number of carbonyl (C=O) groups excluding carboxylic acids is 1. The van der Waals surface area contributed by atoms with E-state index >= 15 is 0 Å². The molecule has 1 aliphatic heterocycles. The summed E-state index contributed by atoms with van der Waals surface area (Å²) in [6, 6.07) is 1.49. The molecular weight excluding hydrogens is 332 g/mol. The molecule has 1 aliphatic rings. The lowest BCUT2D eigenvalue weighted by molar-refractivity contribution is 0.0949. The van der Waals surface area contributed by atoms with Gasteiger partial charge >= 0.3 is 0 Å². The number of hydrogen-bond donors (Lipinski definition) is 1. The van der Waals surface area contributed by atoms with Crippen LogP contribution in [0.25, 0.3) is 0 Å². The highest BCUT2D eigenvalue weighted by Gasteiger charge is 2.38. The molecule has 0 aliphatic carbocycles. The fourth-order valence-corrected chi connectivity index (χ4v) is 6.23. The number of piperidine rings is 1. The fourth-order valence-electron chi connectivity index (χ4n) is 3.03. The lowest BCUT2D eigenvalue weighted by Gasteiger charge is -2.37. The molecule has 2 heterocycles. The average Bonchev–Trinajstić information content (AvgIpc) is 2.94. The molecule has 1 aromatic heterocycles. The third-order valence-electron chi connectivity index (χ3n) is 4.17. The zero-order chi connectivity index (χ0) is 17.2. The molecule has 0 bridgehead atoms. The van der Waals surface area contributed by atoms with Gasteiger partial charge < -0.3 is 5.32 Å². The summed E-state index contributed by atoms with van der Waals surface area (Å²) in [7, 11) is -3.65. The molecule has 0 unspecified atom stereocenters. The Morgan fingerprint density at radius 2 is 1.96 bits per heavy atom.